The molecule has 0 bridgehead atoms. The summed E-state index contributed by atoms with van der Waals surface area (Å²) in [5, 5.41) is 20.2. The highest BCUT2D eigenvalue weighted by Gasteiger charge is 2.31. The quantitative estimate of drug-likeness (QED) is 0.207. The molecule has 4 heterocycles. The molecule has 2 N–H and O–H groups in total. The van der Waals surface area contributed by atoms with Crippen molar-refractivity contribution in [2.24, 2.45) is 0 Å². The van der Waals surface area contributed by atoms with Crippen LogP contribution in [0.1, 0.15) is 92.7 Å². The van der Waals surface area contributed by atoms with E-state index in [4.69, 9.17) is 9.84 Å². The van der Waals surface area contributed by atoms with Gasteiger partial charge in [0.1, 0.15) is 23.5 Å². The topological polar surface area (TPSA) is 102 Å². The molecule has 1 aliphatic carbocycles. The van der Waals surface area contributed by atoms with Gasteiger partial charge in [0.2, 0.25) is 0 Å². The zero-order valence-corrected chi connectivity index (χ0v) is 27.9. The van der Waals surface area contributed by atoms with Gasteiger partial charge in [0.05, 0.1) is 23.6 Å². The van der Waals surface area contributed by atoms with Gasteiger partial charge < -0.3 is 15.0 Å². The lowest BCUT2D eigenvalue weighted by Crippen LogP contribution is -2.36. The van der Waals surface area contributed by atoms with Gasteiger partial charge in [-0.3, -0.25) is 9.72 Å². The fourth-order valence-electron chi connectivity index (χ4n) is 6.83. The van der Waals surface area contributed by atoms with Gasteiger partial charge in [-0.15, -0.1) is 10.2 Å². The molecule has 5 aromatic rings. The molecule has 1 saturated heterocycles. The molecule has 10 nitrogen and oxygen atoms in total. The third kappa shape index (κ3) is 6.47. The van der Waals surface area contributed by atoms with E-state index in [9.17, 15) is 4.79 Å². The lowest BCUT2D eigenvalue weighted by Gasteiger charge is -2.32. The Bertz CT molecular complexity index is 1890. The van der Waals surface area contributed by atoms with Gasteiger partial charge in [-0.2, -0.15) is 5.10 Å². The van der Waals surface area contributed by atoms with E-state index in [0.29, 0.717) is 11.7 Å². The van der Waals surface area contributed by atoms with E-state index >= 15 is 0 Å². The molecule has 2 amide bonds. The first-order valence-electron chi connectivity index (χ1n) is 16.7. The Labute approximate surface area is 276 Å². The molecule has 0 saturated carbocycles. The molecular formula is C37H44N8O2. The number of urea groups is 1. The normalized spacial score (nSPS) is 20.1. The van der Waals surface area contributed by atoms with Crippen LogP contribution in [0, 0.1) is 6.92 Å². The van der Waals surface area contributed by atoms with Crippen LogP contribution in [0.5, 0.6) is 5.75 Å². The van der Waals surface area contributed by atoms with Crippen molar-refractivity contribution in [1.29, 1.82) is 0 Å². The number of hydrogen-bond donors (Lipinski definition) is 2. The van der Waals surface area contributed by atoms with E-state index < -0.39 is 0 Å². The van der Waals surface area contributed by atoms with Crippen molar-refractivity contribution < 1.29 is 9.53 Å². The molecule has 2 aliphatic rings. The van der Waals surface area contributed by atoms with E-state index in [1.165, 1.54) is 5.56 Å². The van der Waals surface area contributed by atoms with Gasteiger partial charge in [-0.1, -0.05) is 62.7 Å². The van der Waals surface area contributed by atoms with E-state index in [1.807, 2.05) is 65.5 Å². The molecule has 0 radical (unpaired) electrons. The molecule has 244 valence electrons. The monoisotopic (exact) mass is 632 g/mol. The number of aromatic nitrogens is 5. The molecule has 47 heavy (non-hydrogen) atoms. The number of likely N-dealkylation sites (tertiary alicyclic amines) is 1. The number of anilines is 1. The van der Waals surface area contributed by atoms with Crippen molar-refractivity contribution in [2.45, 2.75) is 76.9 Å². The van der Waals surface area contributed by atoms with Gasteiger partial charge >= 0.3 is 6.03 Å². The minimum atomic E-state index is -0.267. The summed E-state index contributed by atoms with van der Waals surface area (Å²) >= 11 is 0. The van der Waals surface area contributed by atoms with E-state index in [0.717, 1.165) is 78.5 Å². The van der Waals surface area contributed by atoms with Crippen LogP contribution in [0.3, 0.4) is 0 Å². The van der Waals surface area contributed by atoms with Crippen LogP contribution in [0.15, 0.2) is 72.9 Å². The van der Waals surface area contributed by atoms with Crippen molar-refractivity contribution in [3.63, 3.8) is 0 Å². The maximum Gasteiger partial charge on any atom is 0.320 e. The highest BCUT2D eigenvalue weighted by Crippen LogP contribution is 2.39. The second kappa shape index (κ2) is 12.5. The van der Waals surface area contributed by atoms with Crippen molar-refractivity contribution in [3.05, 3.63) is 101 Å². The lowest BCUT2D eigenvalue weighted by molar-refractivity contribution is 0.171. The fraction of sp³-hybridized carbons (Fsp3) is 0.405. The first-order valence-corrected chi connectivity index (χ1v) is 16.7. The molecule has 3 atom stereocenters. The van der Waals surface area contributed by atoms with Crippen LogP contribution in [0.2, 0.25) is 0 Å². The number of carbonyl (C=O) groups excluding carboxylic acids is 1. The predicted octanol–water partition coefficient (Wildman–Crippen LogP) is 7.11. The minimum absolute atomic E-state index is 0.136. The number of nitrogens with one attached hydrogen (secondary N) is 2. The van der Waals surface area contributed by atoms with Gasteiger partial charge in [-0.25, -0.2) is 9.48 Å². The standard InChI is InChI=1S/C37H44N8O2/c1-24-12-14-26(15-13-24)45-34(21-32(42-45)37(2,3)4)39-36(46)38-30-17-18-31(29-11-7-6-10-28(29)30)47-27-16-19-33-40-41-35(44(33)23-27)25-9-8-20-43(5)22-25/h6-7,10-16,19,21,23,25,30-31H,8-9,17-18,20,22H2,1-5H3,(H2,38,39,46)/t25-,30-,31+/m0/s1. The van der Waals surface area contributed by atoms with Gasteiger partial charge in [0.25, 0.3) is 0 Å². The molecule has 1 aliphatic heterocycles. The first kappa shape index (κ1) is 30.9. The van der Waals surface area contributed by atoms with Gasteiger partial charge in [0, 0.05) is 23.9 Å². The van der Waals surface area contributed by atoms with Gasteiger partial charge in [0.15, 0.2) is 5.65 Å². The number of ether oxygens (including phenoxy) is 1. The lowest BCUT2D eigenvalue weighted by atomic mass is 9.85. The van der Waals surface area contributed by atoms with Crippen molar-refractivity contribution >= 4 is 17.5 Å². The molecule has 1 fully saturated rings. The number of likely N-dealkylation sites (N-methyl/N-ethyl adjacent to an activating group) is 1. The second-order valence-electron chi connectivity index (χ2n) is 14.1. The Balaban J connectivity index is 1.08. The maximum absolute atomic E-state index is 13.5. The molecule has 0 spiro atoms. The summed E-state index contributed by atoms with van der Waals surface area (Å²) in [6.07, 6.45) is 5.67. The molecule has 10 heteroatoms. The average Bonchev–Trinajstić information content (AvgIpc) is 3.67. The van der Waals surface area contributed by atoms with E-state index in [2.05, 4.69) is 77.0 Å². The van der Waals surface area contributed by atoms with Crippen LogP contribution in [0.25, 0.3) is 11.3 Å². The molecule has 7 rings (SSSR count). The second-order valence-corrected chi connectivity index (χ2v) is 14.1. The number of benzene rings is 2. The van der Waals surface area contributed by atoms with Crippen molar-refractivity contribution in [3.8, 4) is 11.4 Å². The third-order valence-electron chi connectivity index (χ3n) is 9.41. The largest absolute Gasteiger partial charge is 0.484 e. The van der Waals surface area contributed by atoms with Crippen molar-refractivity contribution in [1.82, 2.24) is 34.6 Å². The summed E-state index contributed by atoms with van der Waals surface area (Å²) in [7, 11) is 2.17. The number of amides is 2. The summed E-state index contributed by atoms with van der Waals surface area (Å²) in [5.41, 5.74) is 5.77. The SMILES string of the molecule is Cc1ccc(-n2nc(C(C)(C)C)cc2NC(=O)N[C@H]2CC[C@@H](Oc3ccc4nnc([C@H]5CCCN(C)C5)n4c3)c3ccccc32)cc1. The summed E-state index contributed by atoms with van der Waals surface area (Å²) in [5.74, 6) is 2.76. The van der Waals surface area contributed by atoms with Crippen LogP contribution in [-0.4, -0.2) is 55.4 Å². The number of pyridine rings is 1. The van der Waals surface area contributed by atoms with Gasteiger partial charge in [-0.05, 0) is 81.6 Å². The zero-order chi connectivity index (χ0) is 32.7. The first-order chi connectivity index (χ1) is 22.6. The Morgan fingerprint density at radius 1 is 0.957 bits per heavy atom. The van der Waals surface area contributed by atoms with Crippen LogP contribution >= 0.6 is 0 Å². The number of carbonyl (C=O) groups is 1. The fourth-order valence-corrected chi connectivity index (χ4v) is 6.83. The molecular weight excluding hydrogens is 588 g/mol. The molecule has 2 aromatic carbocycles. The number of rotatable bonds is 6. The third-order valence-corrected chi connectivity index (χ3v) is 9.41. The average molecular weight is 633 g/mol. The summed E-state index contributed by atoms with van der Waals surface area (Å²) in [4.78, 5) is 15.9. The number of hydrogen-bond acceptors (Lipinski definition) is 6. The molecule has 0 unspecified atom stereocenters. The summed E-state index contributed by atoms with van der Waals surface area (Å²) < 4.78 is 10.6. The number of fused-ring (bicyclic) bond motifs is 2. The Hall–Kier alpha value is -4.70. The molecule has 3 aromatic heterocycles. The summed E-state index contributed by atoms with van der Waals surface area (Å²) in [6, 6.07) is 21.9. The number of nitrogens with zero attached hydrogens (tertiary/aromatic N) is 6. The minimum Gasteiger partial charge on any atom is -0.484 e. The maximum atomic E-state index is 13.5. The van der Waals surface area contributed by atoms with Crippen LogP contribution in [-0.2, 0) is 5.41 Å². The number of piperidine rings is 1. The Kier molecular flexibility index (Phi) is 8.21. The van der Waals surface area contributed by atoms with Crippen LogP contribution in [0.4, 0.5) is 10.6 Å². The zero-order valence-electron chi connectivity index (χ0n) is 27.9. The number of aryl methyl sites for hydroxylation is 1. The Morgan fingerprint density at radius 3 is 2.51 bits per heavy atom. The van der Waals surface area contributed by atoms with E-state index in [1.54, 1.807) is 0 Å². The smallest absolute Gasteiger partial charge is 0.320 e. The summed E-state index contributed by atoms with van der Waals surface area (Å²) in [6.45, 7) is 10.5. The van der Waals surface area contributed by atoms with E-state index in [-0.39, 0.29) is 23.6 Å². The Morgan fingerprint density at radius 2 is 1.74 bits per heavy atom. The highest BCUT2D eigenvalue weighted by atomic mass is 16.5. The predicted molar refractivity (Wildman–Crippen MR) is 183 cm³/mol. The van der Waals surface area contributed by atoms with Crippen molar-refractivity contribution in [2.75, 3.05) is 25.5 Å². The van der Waals surface area contributed by atoms with Crippen LogP contribution < -0.4 is 15.4 Å². The highest BCUT2D eigenvalue weighted by molar-refractivity contribution is 5.89.